The van der Waals surface area contributed by atoms with E-state index in [0.29, 0.717) is 40.6 Å². The van der Waals surface area contributed by atoms with Crippen molar-refractivity contribution in [2.45, 2.75) is 38.8 Å². The van der Waals surface area contributed by atoms with Crippen molar-refractivity contribution in [3.05, 3.63) is 75.8 Å². The molecule has 1 heterocycles. The van der Waals surface area contributed by atoms with Crippen LogP contribution in [0, 0.1) is 0 Å². The fourth-order valence-corrected chi connectivity index (χ4v) is 4.19. The van der Waals surface area contributed by atoms with Gasteiger partial charge in [0.05, 0.1) is 5.56 Å². The van der Waals surface area contributed by atoms with Gasteiger partial charge < -0.3 is 9.84 Å². The number of aromatic hydroxyl groups is 1. The van der Waals surface area contributed by atoms with Crippen LogP contribution in [0.5, 0.6) is 11.5 Å². The van der Waals surface area contributed by atoms with E-state index in [-0.39, 0.29) is 17.1 Å². The minimum absolute atomic E-state index is 0.119. The minimum atomic E-state index is -0.313. The van der Waals surface area contributed by atoms with E-state index in [1.54, 1.807) is 36.4 Å². The Bertz CT molecular complexity index is 987. The van der Waals surface area contributed by atoms with E-state index in [9.17, 15) is 9.90 Å². The lowest BCUT2D eigenvalue weighted by Crippen LogP contribution is -2.36. The second kappa shape index (κ2) is 10.9. The number of ketones is 1. The molecule has 2 aromatic rings. The van der Waals surface area contributed by atoms with Gasteiger partial charge in [-0.1, -0.05) is 48.3 Å². The van der Waals surface area contributed by atoms with Gasteiger partial charge in [-0.2, -0.15) is 0 Å². The molecule has 0 amide bonds. The van der Waals surface area contributed by atoms with Crippen molar-refractivity contribution >= 4 is 35.1 Å². The number of ether oxygens (including phenoxy) is 1. The maximum absolute atomic E-state index is 12.9. The van der Waals surface area contributed by atoms with Gasteiger partial charge in [-0.25, -0.2) is 0 Å². The van der Waals surface area contributed by atoms with Gasteiger partial charge in [0.2, 0.25) is 0 Å². The van der Waals surface area contributed by atoms with Gasteiger partial charge in [-0.15, -0.1) is 0 Å². The van der Waals surface area contributed by atoms with Gasteiger partial charge in [-0.05, 0) is 62.2 Å². The minimum Gasteiger partial charge on any atom is -0.507 e. The van der Waals surface area contributed by atoms with Crippen LogP contribution in [0.15, 0.2) is 49.1 Å². The van der Waals surface area contributed by atoms with Gasteiger partial charge in [0, 0.05) is 34.3 Å². The lowest BCUT2D eigenvalue weighted by Gasteiger charge is -2.33. The van der Waals surface area contributed by atoms with Gasteiger partial charge in [-0.3, -0.25) is 9.69 Å². The second-order valence-corrected chi connectivity index (χ2v) is 8.60. The molecule has 1 saturated heterocycles. The van der Waals surface area contributed by atoms with Gasteiger partial charge in [0.15, 0.2) is 5.78 Å². The molecule has 0 aliphatic carbocycles. The first-order chi connectivity index (χ1) is 14.9. The molecule has 3 rings (SSSR count). The molecule has 1 aliphatic rings. The van der Waals surface area contributed by atoms with Crippen LogP contribution in [-0.4, -0.2) is 35.0 Å². The summed E-state index contributed by atoms with van der Waals surface area (Å²) in [6.07, 6.45) is 8.21. The van der Waals surface area contributed by atoms with Gasteiger partial charge >= 0.3 is 0 Å². The van der Waals surface area contributed by atoms with E-state index in [4.69, 9.17) is 27.9 Å². The number of allylic oxidation sites excluding steroid dienone is 1. The molecule has 0 radical (unpaired) electrons. The number of rotatable bonds is 8. The highest BCUT2D eigenvalue weighted by Crippen LogP contribution is 2.32. The Morgan fingerprint density at radius 1 is 1.29 bits per heavy atom. The molecule has 1 N–H and O–H groups in total. The van der Waals surface area contributed by atoms with Crippen molar-refractivity contribution in [2.75, 3.05) is 13.2 Å². The van der Waals surface area contributed by atoms with Crippen LogP contribution >= 0.6 is 23.2 Å². The second-order valence-electron chi connectivity index (χ2n) is 7.76. The van der Waals surface area contributed by atoms with Crippen LogP contribution in [-0.2, 0) is 6.54 Å². The number of hydrogen-bond acceptors (Lipinski definition) is 4. The van der Waals surface area contributed by atoms with Gasteiger partial charge in [0.1, 0.15) is 18.1 Å². The average molecular weight is 460 g/mol. The zero-order chi connectivity index (χ0) is 22.4. The largest absolute Gasteiger partial charge is 0.507 e. The Hall–Kier alpha value is -2.27. The van der Waals surface area contributed by atoms with Crippen molar-refractivity contribution in [1.82, 2.24) is 4.90 Å². The van der Waals surface area contributed by atoms with Crippen molar-refractivity contribution < 1.29 is 14.6 Å². The fraction of sp³-hybridized carbons (Fsp3) is 0.320. The fourth-order valence-electron chi connectivity index (χ4n) is 3.72. The molecule has 6 heteroatoms. The topological polar surface area (TPSA) is 49.8 Å². The molecule has 31 heavy (non-hydrogen) atoms. The Labute approximate surface area is 193 Å². The lowest BCUT2D eigenvalue weighted by molar-refractivity contribution is 0.104. The number of phenolic OH excluding ortho intramolecular Hbond substituents is 1. The summed E-state index contributed by atoms with van der Waals surface area (Å²) in [5.74, 6) is 0.134. The number of halogens is 2. The molecular formula is C25H27Cl2NO3. The van der Waals surface area contributed by atoms with Crippen LogP contribution in [0.4, 0.5) is 0 Å². The predicted molar refractivity (Wildman–Crippen MR) is 127 cm³/mol. The number of carbonyl (C=O) groups is 1. The summed E-state index contributed by atoms with van der Waals surface area (Å²) < 4.78 is 5.77. The van der Waals surface area contributed by atoms with E-state index in [1.807, 2.05) is 0 Å². The van der Waals surface area contributed by atoms with Crippen LogP contribution in [0.25, 0.3) is 6.08 Å². The number of piperidine rings is 1. The van der Waals surface area contributed by atoms with Crippen LogP contribution < -0.4 is 4.74 Å². The van der Waals surface area contributed by atoms with Crippen LogP contribution in [0.3, 0.4) is 0 Å². The summed E-state index contributed by atoms with van der Waals surface area (Å²) in [4.78, 5) is 15.2. The van der Waals surface area contributed by atoms with Crippen molar-refractivity contribution in [2.24, 2.45) is 0 Å². The highest BCUT2D eigenvalue weighted by Gasteiger charge is 2.22. The molecule has 4 nitrogen and oxygen atoms in total. The Balaban J connectivity index is 1.88. The number of benzene rings is 2. The summed E-state index contributed by atoms with van der Waals surface area (Å²) in [6, 6.07) is 8.77. The van der Waals surface area contributed by atoms with Gasteiger partial charge in [0.25, 0.3) is 0 Å². The normalized spacial score (nSPS) is 17.1. The standard InChI is InChI=1S/C25H27Cl2NO3/c1-3-12-31-25-15-24(30)21(13-19(25)16-28-11-5-4-6-17(28)2)23(29)10-8-18-7-9-20(26)14-22(18)27/h3,7-10,13-15,17,30H,1,4-6,11-12,16H2,2H3/b10-8+. The number of carbonyl (C=O) groups excluding carboxylic acids is 1. The molecule has 2 aromatic carbocycles. The smallest absolute Gasteiger partial charge is 0.189 e. The summed E-state index contributed by atoms with van der Waals surface area (Å²) >= 11 is 12.1. The SMILES string of the molecule is C=CCOc1cc(O)c(C(=O)/C=C/c2ccc(Cl)cc2Cl)cc1CN1CCCCC1C. The third-order valence-corrected chi connectivity index (χ3v) is 6.05. The lowest BCUT2D eigenvalue weighted by atomic mass is 10.00. The predicted octanol–water partition coefficient (Wildman–Crippen LogP) is 6.53. The highest BCUT2D eigenvalue weighted by atomic mass is 35.5. The molecule has 0 spiro atoms. The molecule has 164 valence electrons. The third-order valence-electron chi connectivity index (χ3n) is 5.49. The molecule has 1 fully saturated rings. The molecule has 0 bridgehead atoms. The quantitative estimate of drug-likeness (QED) is 0.276. The van der Waals surface area contributed by atoms with E-state index >= 15 is 0 Å². The number of phenols is 1. The summed E-state index contributed by atoms with van der Waals surface area (Å²) in [5, 5.41) is 11.5. The first-order valence-electron chi connectivity index (χ1n) is 10.4. The van der Waals surface area contributed by atoms with Crippen molar-refractivity contribution in [3.63, 3.8) is 0 Å². The summed E-state index contributed by atoms with van der Waals surface area (Å²) in [5.41, 5.74) is 1.77. The molecule has 1 unspecified atom stereocenters. The first-order valence-corrected chi connectivity index (χ1v) is 11.2. The summed E-state index contributed by atoms with van der Waals surface area (Å²) in [6.45, 7) is 7.88. The maximum Gasteiger partial charge on any atom is 0.189 e. The molecule has 0 aromatic heterocycles. The van der Waals surface area contributed by atoms with E-state index < -0.39 is 0 Å². The number of hydrogen-bond donors (Lipinski definition) is 1. The number of nitrogens with zero attached hydrogens (tertiary/aromatic N) is 1. The Kier molecular flexibility index (Phi) is 8.19. The van der Waals surface area contributed by atoms with E-state index in [2.05, 4.69) is 18.4 Å². The zero-order valence-electron chi connectivity index (χ0n) is 17.6. The molecule has 0 saturated carbocycles. The average Bonchev–Trinajstić information content (AvgIpc) is 2.74. The third kappa shape index (κ3) is 6.13. The summed E-state index contributed by atoms with van der Waals surface area (Å²) in [7, 11) is 0. The van der Waals surface area contributed by atoms with Crippen LogP contribution in [0.2, 0.25) is 10.0 Å². The Morgan fingerprint density at radius 3 is 2.81 bits per heavy atom. The van der Waals surface area contributed by atoms with Crippen LogP contribution in [0.1, 0.15) is 47.7 Å². The zero-order valence-corrected chi connectivity index (χ0v) is 19.1. The monoisotopic (exact) mass is 459 g/mol. The molecule has 1 aliphatic heterocycles. The van der Waals surface area contributed by atoms with Crippen molar-refractivity contribution in [3.8, 4) is 11.5 Å². The number of likely N-dealkylation sites (tertiary alicyclic amines) is 1. The Morgan fingerprint density at radius 2 is 2.10 bits per heavy atom. The highest BCUT2D eigenvalue weighted by molar-refractivity contribution is 6.35. The van der Waals surface area contributed by atoms with E-state index in [0.717, 1.165) is 24.9 Å². The first kappa shape index (κ1) is 23.4. The maximum atomic E-state index is 12.9. The molecule has 1 atom stereocenters. The van der Waals surface area contributed by atoms with Crippen molar-refractivity contribution in [1.29, 1.82) is 0 Å². The van der Waals surface area contributed by atoms with E-state index in [1.165, 1.54) is 18.6 Å². The molecular weight excluding hydrogens is 433 g/mol.